The van der Waals surface area contributed by atoms with Crippen LogP contribution in [0.1, 0.15) is 46.7 Å². The third-order valence-corrected chi connectivity index (χ3v) is 8.20. The first-order valence-corrected chi connectivity index (χ1v) is 14.8. The average Bonchev–Trinajstić information content (AvgIpc) is 3.69. The van der Waals surface area contributed by atoms with Crippen molar-refractivity contribution in [1.29, 1.82) is 0 Å². The minimum absolute atomic E-state index is 0.0390. The fourth-order valence-corrected chi connectivity index (χ4v) is 6.04. The Hall–Kier alpha value is -5.39. The van der Waals surface area contributed by atoms with Gasteiger partial charge in [-0.3, -0.25) is 24.1 Å². The van der Waals surface area contributed by atoms with Crippen LogP contribution in [0.25, 0.3) is 0 Å². The lowest BCUT2D eigenvalue weighted by molar-refractivity contribution is -0.129. The predicted octanol–water partition coefficient (Wildman–Crippen LogP) is 2.29. The largest absolute Gasteiger partial charge is 0.355 e. The summed E-state index contributed by atoms with van der Waals surface area (Å²) in [4.78, 5) is 55.0. The molecule has 4 aromatic rings. The van der Waals surface area contributed by atoms with E-state index in [1.165, 1.54) is 23.2 Å². The molecule has 3 atom stereocenters. The van der Waals surface area contributed by atoms with E-state index in [1.54, 1.807) is 12.1 Å². The van der Waals surface area contributed by atoms with Gasteiger partial charge in [-0.15, -0.1) is 0 Å². The number of para-hydroxylation sites is 1. The van der Waals surface area contributed by atoms with Crippen molar-refractivity contribution in [3.63, 3.8) is 0 Å². The Balaban J connectivity index is 1.10. The van der Waals surface area contributed by atoms with Crippen molar-refractivity contribution in [2.75, 3.05) is 11.4 Å². The summed E-state index contributed by atoms with van der Waals surface area (Å²) in [7, 11) is 0. The van der Waals surface area contributed by atoms with Crippen molar-refractivity contribution >= 4 is 29.3 Å². The highest BCUT2D eigenvalue weighted by atomic mass is 19.1. The average molecular weight is 610 g/mol. The summed E-state index contributed by atoms with van der Waals surface area (Å²) in [5.74, 6) is -2.49. The molecule has 4 N–H and O–H groups in total. The highest BCUT2D eigenvalue weighted by molar-refractivity contribution is 6.07. The van der Waals surface area contributed by atoms with Gasteiger partial charge in [-0.1, -0.05) is 60.7 Å². The smallest absolute Gasteiger partial charge is 0.250 e. The Labute approximate surface area is 258 Å². The minimum Gasteiger partial charge on any atom is -0.355 e. The predicted molar refractivity (Wildman–Crippen MR) is 162 cm³/mol. The number of carbonyl (C=O) groups excluding carboxylic acids is 4. The zero-order chi connectivity index (χ0) is 31.3. The van der Waals surface area contributed by atoms with Crippen molar-refractivity contribution in [1.82, 2.24) is 31.4 Å². The first-order valence-electron chi connectivity index (χ1n) is 14.8. The third kappa shape index (κ3) is 6.44. The second-order valence-electron chi connectivity index (χ2n) is 11.1. The molecular weight excluding hydrogens is 577 g/mol. The number of H-pyrrole nitrogens is 1. The molecule has 0 aliphatic carbocycles. The first-order chi connectivity index (χ1) is 21.9. The van der Waals surface area contributed by atoms with Gasteiger partial charge in [0.25, 0.3) is 0 Å². The van der Waals surface area contributed by atoms with Gasteiger partial charge in [-0.25, -0.2) is 4.39 Å². The van der Waals surface area contributed by atoms with E-state index < -0.39 is 29.7 Å². The molecule has 0 bridgehead atoms. The van der Waals surface area contributed by atoms with Crippen molar-refractivity contribution in [3.8, 4) is 0 Å². The Kier molecular flexibility index (Phi) is 8.63. The van der Waals surface area contributed by atoms with Gasteiger partial charge < -0.3 is 16.0 Å². The molecule has 12 heteroatoms. The molecule has 11 nitrogen and oxygen atoms in total. The van der Waals surface area contributed by atoms with E-state index in [-0.39, 0.29) is 37.2 Å². The Morgan fingerprint density at radius 1 is 0.956 bits per heavy atom. The number of nitrogens with one attached hydrogen (secondary N) is 4. The van der Waals surface area contributed by atoms with Crippen molar-refractivity contribution in [3.05, 3.63) is 113 Å². The standard InChI is InChI=1S/C33H32FN7O4/c34-24-12-9-21(10-13-24)29(20-5-2-1-3-6-20)32(44)35-16-15-28(42)38-26-14-11-22-7-4-8-23-17-27(41(30(22)23)33(26)45)31(43)36-18-25-19-37-40-39-25/h1-10,12-13,19,26-27,29H,11,14-18H2,(H,35,44)(H,36,43)(H,38,42)(H,37,39,40)/t26-,27-,29-/m0/s1. The molecule has 0 fully saturated rings. The number of rotatable bonds is 10. The quantitative estimate of drug-likeness (QED) is 0.217. The second kappa shape index (κ2) is 13.1. The summed E-state index contributed by atoms with van der Waals surface area (Å²) in [6.45, 7) is 0.201. The van der Waals surface area contributed by atoms with E-state index in [1.807, 2.05) is 48.5 Å². The van der Waals surface area contributed by atoms with Crippen LogP contribution in [0, 0.1) is 5.82 Å². The topological polar surface area (TPSA) is 149 Å². The number of nitrogens with zero attached hydrogens (tertiary/aromatic N) is 3. The maximum absolute atomic E-state index is 13.9. The number of benzene rings is 3. The molecule has 4 amide bonds. The van der Waals surface area contributed by atoms with Crippen LogP contribution in [0.3, 0.4) is 0 Å². The molecular formula is C33H32FN7O4. The van der Waals surface area contributed by atoms with Gasteiger partial charge in [0.2, 0.25) is 23.6 Å². The van der Waals surface area contributed by atoms with Crippen LogP contribution < -0.4 is 20.9 Å². The van der Waals surface area contributed by atoms with Crippen LogP contribution in [0.5, 0.6) is 0 Å². The summed E-state index contributed by atoms with van der Waals surface area (Å²) in [5, 5.41) is 18.7. The number of halogens is 1. The SMILES string of the molecule is O=C(CCNC(=O)[C@@H](c1ccccc1)c1ccc(F)cc1)N[C@H]1CCc2cccc3c2N(C1=O)[C@H](C(=O)NCc1cn[nH]n1)C3. The zero-order valence-electron chi connectivity index (χ0n) is 24.3. The van der Waals surface area contributed by atoms with Gasteiger partial charge in [0.1, 0.15) is 23.6 Å². The Bertz CT molecular complexity index is 1700. The molecule has 0 saturated carbocycles. The van der Waals surface area contributed by atoms with Gasteiger partial charge >= 0.3 is 0 Å². The molecule has 0 radical (unpaired) electrons. The molecule has 2 aliphatic rings. The normalized spacial score (nSPS) is 17.6. The number of aromatic nitrogens is 3. The maximum Gasteiger partial charge on any atom is 0.250 e. The highest BCUT2D eigenvalue weighted by Gasteiger charge is 2.43. The lowest BCUT2D eigenvalue weighted by Crippen LogP contribution is -2.54. The minimum atomic E-state index is -0.839. The van der Waals surface area contributed by atoms with Crippen molar-refractivity contribution in [2.24, 2.45) is 0 Å². The summed E-state index contributed by atoms with van der Waals surface area (Å²) < 4.78 is 13.6. The number of hydrogen-bond acceptors (Lipinski definition) is 6. The summed E-state index contributed by atoms with van der Waals surface area (Å²) >= 11 is 0. The fraction of sp³-hybridized carbons (Fsp3) is 0.273. The summed E-state index contributed by atoms with van der Waals surface area (Å²) in [6.07, 6.45) is 2.75. The van der Waals surface area contributed by atoms with Gasteiger partial charge in [0, 0.05) is 19.4 Å². The van der Waals surface area contributed by atoms with Gasteiger partial charge in [0.05, 0.1) is 24.3 Å². The molecule has 1 aromatic heterocycles. The van der Waals surface area contributed by atoms with Crippen molar-refractivity contribution in [2.45, 2.75) is 50.2 Å². The second-order valence-corrected chi connectivity index (χ2v) is 11.1. The molecule has 2 aliphatic heterocycles. The van der Waals surface area contributed by atoms with E-state index in [9.17, 15) is 23.6 Å². The monoisotopic (exact) mass is 609 g/mol. The highest BCUT2D eigenvalue weighted by Crippen LogP contribution is 2.39. The van der Waals surface area contributed by atoms with Gasteiger partial charge in [0.15, 0.2) is 0 Å². The molecule has 0 saturated heterocycles. The van der Waals surface area contributed by atoms with Crippen LogP contribution in [0.4, 0.5) is 10.1 Å². The van der Waals surface area contributed by atoms with Gasteiger partial charge in [-0.05, 0) is 47.2 Å². The number of aryl methyl sites for hydroxylation is 1. The molecule has 230 valence electrons. The molecule has 3 aromatic carbocycles. The Morgan fingerprint density at radius 2 is 1.71 bits per heavy atom. The van der Waals surface area contributed by atoms with Crippen LogP contribution in [-0.2, 0) is 38.6 Å². The molecule has 3 heterocycles. The van der Waals surface area contributed by atoms with Crippen LogP contribution in [0.2, 0.25) is 0 Å². The van der Waals surface area contributed by atoms with Gasteiger partial charge in [-0.2, -0.15) is 15.4 Å². The zero-order valence-corrected chi connectivity index (χ0v) is 24.3. The summed E-state index contributed by atoms with van der Waals surface area (Å²) in [6, 6.07) is 19.1. The van der Waals surface area contributed by atoms with E-state index >= 15 is 0 Å². The number of amides is 4. The third-order valence-electron chi connectivity index (χ3n) is 8.20. The maximum atomic E-state index is 13.9. The Morgan fingerprint density at radius 3 is 2.47 bits per heavy atom. The first kappa shape index (κ1) is 29.7. The lowest BCUT2D eigenvalue weighted by atomic mass is 9.90. The number of anilines is 1. The van der Waals surface area contributed by atoms with E-state index in [0.29, 0.717) is 30.5 Å². The molecule has 6 rings (SSSR count). The summed E-state index contributed by atoms with van der Waals surface area (Å²) in [5.41, 5.74) is 4.51. The van der Waals surface area contributed by atoms with E-state index in [4.69, 9.17) is 0 Å². The van der Waals surface area contributed by atoms with Crippen LogP contribution in [-0.4, -0.2) is 57.7 Å². The van der Waals surface area contributed by atoms with Crippen LogP contribution >= 0.6 is 0 Å². The van der Waals surface area contributed by atoms with Crippen molar-refractivity contribution < 1.29 is 23.6 Å². The number of carbonyl (C=O) groups is 4. The molecule has 0 unspecified atom stereocenters. The van der Waals surface area contributed by atoms with E-state index in [2.05, 4.69) is 31.4 Å². The molecule has 45 heavy (non-hydrogen) atoms. The van der Waals surface area contributed by atoms with E-state index in [0.717, 1.165) is 22.4 Å². The fourth-order valence-electron chi connectivity index (χ4n) is 6.04. The lowest BCUT2D eigenvalue weighted by Gasteiger charge is -2.28. The number of hydrogen-bond donors (Lipinski definition) is 4. The number of aromatic amines is 1. The van der Waals surface area contributed by atoms with Crippen LogP contribution in [0.15, 0.2) is 79.0 Å². The molecule has 0 spiro atoms.